The van der Waals surface area contributed by atoms with Crippen LogP contribution in [0, 0.1) is 5.92 Å². The zero-order valence-electron chi connectivity index (χ0n) is 10.7. The number of hydrogen-bond acceptors (Lipinski definition) is 4. The SMILES string of the molecule is CNS(=O)(=O)c1ccccc1N1CC(C(=O)O)CC1=O. The van der Waals surface area contributed by atoms with Crippen LogP contribution in [-0.4, -0.2) is 39.0 Å². The Morgan fingerprint density at radius 3 is 2.60 bits per heavy atom. The van der Waals surface area contributed by atoms with Gasteiger partial charge in [0.25, 0.3) is 0 Å². The molecule has 1 amide bonds. The van der Waals surface area contributed by atoms with Gasteiger partial charge in [0.1, 0.15) is 4.90 Å². The molecule has 0 spiro atoms. The van der Waals surface area contributed by atoms with Gasteiger partial charge in [-0.25, -0.2) is 13.1 Å². The van der Waals surface area contributed by atoms with Crippen molar-refractivity contribution in [1.82, 2.24) is 4.72 Å². The van der Waals surface area contributed by atoms with Crippen molar-refractivity contribution in [1.29, 1.82) is 0 Å². The van der Waals surface area contributed by atoms with Gasteiger partial charge in [0.2, 0.25) is 15.9 Å². The van der Waals surface area contributed by atoms with Gasteiger partial charge < -0.3 is 10.0 Å². The summed E-state index contributed by atoms with van der Waals surface area (Å²) in [6, 6.07) is 6.02. The van der Waals surface area contributed by atoms with Crippen molar-refractivity contribution in [3.63, 3.8) is 0 Å². The average Bonchev–Trinajstić information content (AvgIpc) is 2.81. The van der Waals surface area contributed by atoms with E-state index in [-0.39, 0.29) is 23.5 Å². The molecule has 2 rings (SSSR count). The van der Waals surface area contributed by atoms with Crippen LogP contribution in [0.1, 0.15) is 6.42 Å². The van der Waals surface area contributed by atoms with Crippen LogP contribution in [0.4, 0.5) is 5.69 Å². The van der Waals surface area contributed by atoms with Gasteiger partial charge in [-0.3, -0.25) is 9.59 Å². The van der Waals surface area contributed by atoms with Crippen molar-refractivity contribution in [3.8, 4) is 0 Å². The number of anilines is 1. The van der Waals surface area contributed by atoms with Crippen LogP contribution < -0.4 is 9.62 Å². The molecule has 7 nitrogen and oxygen atoms in total. The van der Waals surface area contributed by atoms with E-state index in [9.17, 15) is 18.0 Å². The van der Waals surface area contributed by atoms with Crippen molar-refractivity contribution in [2.75, 3.05) is 18.5 Å². The number of nitrogens with zero attached hydrogens (tertiary/aromatic N) is 1. The number of nitrogens with one attached hydrogen (secondary N) is 1. The van der Waals surface area contributed by atoms with Crippen molar-refractivity contribution < 1.29 is 23.1 Å². The number of carbonyl (C=O) groups excluding carboxylic acids is 1. The second-order valence-corrected chi connectivity index (χ2v) is 6.27. The Bertz CT molecular complexity index is 656. The summed E-state index contributed by atoms with van der Waals surface area (Å²) in [5.74, 6) is -2.26. The molecular formula is C12H14N2O5S. The van der Waals surface area contributed by atoms with E-state index >= 15 is 0 Å². The first-order chi connectivity index (χ1) is 9.36. The monoisotopic (exact) mass is 298 g/mol. The third kappa shape index (κ3) is 2.52. The van der Waals surface area contributed by atoms with E-state index in [1.54, 1.807) is 12.1 Å². The number of para-hydroxylation sites is 1. The predicted molar refractivity (Wildman–Crippen MR) is 70.8 cm³/mol. The zero-order chi connectivity index (χ0) is 14.9. The Morgan fingerprint density at radius 1 is 1.40 bits per heavy atom. The number of carboxylic acids is 1. The zero-order valence-corrected chi connectivity index (χ0v) is 11.6. The minimum atomic E-state index is -3.72. The van der Waals surface area contributed by atoms with Crippen LogP contribution in [-0.2, 0) is 19.6 Å². The van der Waals surface area contributed by atoms with Crippen molar-refractivity contribution >= 4 is 27.6 Å². The molecule has 108 valence electrons. The Balaban J connectivity index is 2.45. The number of aliphatic carboxylic acids is 1. The maximum Gasteiger partial charge on any atom is 0.308 e. The Kier molecular flexibility index (Phi) is 3.78. The highest BCUT2D eigenvalue weighted by molar-refractivity contribution is 7.89. The average molecular weight is 298 g/mol. The number of hydrogen-bond donors (Lipinski definition) is 2. The van der Waals surface area contributed by atoms with Gasteiger partial charge in [-0.1, -0.05) is 12.1 Å². The highest BCUT2D eigenvalue weighted by Crippen LogP contribution is 2.30. The Hall–Kier alpha value is -1.93. The summed E-state index contributed by atoms with van der Waals surface area (Å²) in [6.07, 6.45) is -0.122. The first kappa shape index (κ1) is 14.5. The molecule has 1 aromatic rings. The molecule has 1 fully saturated rings. The lowest BCUT2D eigenvalue weighted by Crippen LogP contribution is -2.29. The van der Waals surface area contributed by atoms with Gasteiger partial charge in [-0.15, -0.1) is 0 Å². The summed E-state index contributed by atoms with van der Waals surface area (Å²) >= 11 is 0. The Morgan fingerprint density at radius 2 is 2.05 bits per heavy atom. The van der Waals surface area contributed by atoms with Crippen LogP contribution in [0.5, 0.6) is 0 Å². The summed E-state index contributed by atoms with van der Waals surface area (Å²) in [5, 5.41) is 8.96. The Labute approximate surface area is 116 Å². The van der Waals surface area contributed by atoms with Crippen LogP contribution in [0.3, 0.4) is 0 Å². The van der Waals surface area contributed by atoms with Gasteiger partial charge >= 0.3 is 5.97 Å². The van der Waals surface area contributed by atoms with Gasteiger partial charge in [0.15, 0.2) is 0 Å². The minimum absolute atomic E-state index is 0.0234. The van der Waals surface area contributed by atoms with E-state index in [1.807, 2.05) is 0 Å². The summed E-state index contributed by atoms with van der Waals surface area (Å²) in [7, 11) is -2.44. The number of carboxylic acid groups (broad SMARTS) is 1. The van der Waals surface area contributed by atoms with Crippen molar-refractivity contribution in [3.05, 3.63) is 24.3 Å². The molecule has 0 radical (unpaired) electrons. The standard InChI is InChI=1S/C12H14N2O5S/c1-13-20(18,19)10-5-3-2-4-9(10)14-7-8(12(16)17)6-11(14)15/h2-5,8,13H,6-7H2,1H3,(H,16,17). The van der Waals surface area contributed by atoms with Crippen LogP contribution in [0.15, 0.2) is 29.2 Å². The highest BCUT2D eigenvalue weighted by Gasteiger charge is 2.37. The molecule has 1 atom stereocenters. The molecule has 0 aromatic heterocycles. The third-order valence-electron chi connectivity index (χ3n) is 3.19. The molecule has 1 aliphatic heterocycles. The molecule has 0 aliphatic carbocycles. The van der Waals surface area contributed by atoms with Crippen LogP contribution >= 0.6 is 0 Å². The number of amides is 1. The van der Waals surface area contributed by atoms with Crippen LogP contribution in [0.2, 0.25) is 0 Å². The first-order valence-corrected chi connectivity index (χ1v) is 7.41. The molecule has 1 saturated heterocycles. The van der Waals surface area contributed by atoms with Crippen molar-refractivity contribution in [2.24, 2.45) is 5.92 Å². The molecule has 1 aromatic carbocycles. The molecule has 1 aliphatic rings. The third-order valence-corrected chi connectivity index (χ3v) is 4.65. The molecule has 1 heterocycles. The normalized spacial score (nSPS) is 19.4. The minimum Gasteiger partial charge on any atom is -0.481 e. The topological polar surface area (TPSA) is 104 Å². The lowest BCUT2D eigenvalue weighted by atomic mass is 10.1. The van der Waals surface area contributed by atoms with Crippen molar-refractivity contribution in [2.45, 2.75) is 11.3 Å². The number of rotatable bonds is 4. The van der Waals surface area contributed by atoms with Gasteiger partial charge in [-0.2, -0.15) is 0 Å². The molecule has 20 heavy (non-hydrogen) atoms. The quantitative estimate of drug-likeness (QED) is 0.816. The van der Waals surface area contributed by atoms with E-state index in [2.05, 4.69) is 4.72 Å². The second-order valence-electron chi connectivity index (χ2n) is 4.42. The maximum absolute atomic E-state index is 11.9. The smallest absolute Gasteiger partial charge is 0.308 e. The lowest BCUT2D eigenvalue weighted by molar-refractivity contribution is -0.141. The molecule has 0 saturated carbocycles. The van der Waals surface area contributed by atoms with Gasteiger partial charge in [0.05, 0.1) is 11.6 Å². The summed E-state index contributed by atoms with van der Waals surface area (Å²) < 4.78 is 26.1. The second kappa shape index (κ2) is 5.22. The summed E-state index contributed by atoms with van der Waals surface area (Å²) in [4.78, 5) is 24.0. The number of sulfonamides is 1. The fourth-order valence-corrected chi connectivity index (χ4v) is 3.05. The first-order valence-electron chi connectivity index (χ1n) is 5.92. The fraction of sp³-hybridized carbons (Fsp3) is 0.333. The lowest BCUT2D eigenvalue weighted by Gasteiger charge is -2.19. The maximum atomic E-state index is 11.9. The highest BCUT2D eigenvalue weighted by atomic mass is 32.2. The number of benzene rings is 1. The summed E-state index contributed by atoms with van der Waals surface area (Å²) in [5.41, 5.74) is 0.204. The molecule has 2 N–H and O–H groups in total. The summed E-state index contributed by atoms with van der Waals surface area (Å²) in [6.45, 7) is -0.0234. The van der Waals surface area contributed by atoms with E-state index in [1.165, 1.54) is 24.1 Å². The fourth-order valence-electron chi connectivity index (χ4n) is 2.12. The largest absolute Gasteiger partial charge is 0.481 e. The van der Waals surface area contributed by atoms with E-state index in [0.29, 0.717) is 0 Å². The molecular weight excluding hydrogens is 284 g/mol. The van der Waals surface area contributed by atoms with E-state index in [0.717, 1.165) is 0 Å². The molecule has 0 bridgehead atoms. The predicted octanol–water partition coefficient (Wildman–Crippen LogP) is 0.0322. The van der Waals surface area contributed by atoms with Gasteiger partial charge in [0, 0.05) is 13.0 Å². The molecule has 8 heteroatoms. The number of carbonyl (C=O) groups is 2. The van der Waals surface area contributed by atoms with E-state index < -0.39 is 27.8 Å². The molecule has 1 unspecified atom stereocenters. The van der Waals surface area contributed by atoms with Crippen LogP contribution in [0.25, 0.3) is 0 Å². The van der Waals surface area contributed by atoms with Gasteiger partial charge in [-0.05, 0) is 19.2 Å². The van der Waals surface area contributed by atoms with E-state index in [4.69, 9.17) is 5.11 Å².